The number of hydrogen-bond acceptors (Lipinski definition) is 2. The first-order valence-electron chi connectivity index (χ1n) is 5.71. The molecule has 0 aliphatic heterocycles. The second kappa shape index (κ2) is 5.31. The minimum atomic E-state index is -0.269. The first-order valence-corrected chi connectivity index (χ1v) is 5.71. The van der Waals surface area contributed by atoms with Crippen molar-refractivity contribution in [3.63, 3.8) is 0 Å². The minimum absolute atomic E-state index is 0.269. The highest BCUT2D eigenvalue weighted by molar-refractivity contribution is 5.99. The van der Waals surface area contributed by atoms with Crippen molar-refractivity contribution in [1.82, 2.24) is 10.3 Å². The van der Waals surface area contributed by atoms with E-state index in [-0.39, 0.29) is 6.03 Å². The molecule has 0 aliphatic rings. The number of nitrogens with one attached hydrogen (secondary N) is 2. The smallest absolute Gasteiger partial charge is 0.314 e. The van der Waals surface area contributed by atoms with E-state index < -0.39 is 0 Å². The quantitative estimate of drug-likeness (QED) is 0.847. The van der Waals surface area contributed by atoms with Crippen LogP contribution in [0.1, 0.15) is 13.8 Å². The van der Waals surface area contributed by atoms with Gasteiger partial charge < -0.3 is 10.6 Å². The number of para-hydroxylation sites is 1. The largest absolute Gasteiger partial charge is 0.323 e. The van der Waals surface area contributed by atoms with Crippen LogP contribution in [0.25, 0.3) is 10.9 Å². The Labute approximate surface area is 106 Å². The summed E-state index contributed by atoms with van der Waals surface area (Å²) in [6.07, 6.45) is 3.37. The Morgan fingerprint density at radius 1 is 1.22 bits per heavy atom. The molecule has 0 atom stereocenters. The molecule has 2 N–H and O–H groups in total. The van der Waals surface area contributed by atoms with E-state index >= 15 is 0 Å². The van der Waals surface area contributed by atoms with Gasteiger partial charge in [0.05, 0.1) is 11.2 Å². The van der Waals surface area contributed by atoms with Crippen molar-refractivity contribution in [2.75, 3.05) is 5.32 Å². The number of amides is 2. The number of carbonyl (C=O) groups excluding carboxylic acids is 1. The third kappa shape index (κ3) is 2.85. The maximum atomic E-state index is 11.7. The maximum Gasteiger partial charge on any atom is 0.323 e. The molecule has 0 radical (unpaired) electrons. The van der Waals surface area contributed by atoms with Gasteiger partial charge in [0.2, 0.25) is 0 Å². The summed E-state index contributed by atoms with van der Waals surface area (Å²) in [7, 11) is 0. The maximum absolute atomic E-state index is 11.7. The fraction of sp³-hybridized carbons (Fsp3) is 0.143. The molecule has 4 heteroatoms. The van der Waals surface area contributed by atoms with Gasteiger partial charge in [0.1, 0.15) is 0 Å². The zero-order chi connectivity index (χ0) is 13.0. The lowest BCUT2D eigenvalue weighted by molar-refractivity contribution is 0.255. The number of hydrogen-bond donors (Lipinski definition) is 2. The SMILES string of the molecule is CC(C)=CNC(=O)Nc1cccc2cccnc12. The highest BCUT2D eigenvalue weighted by Gasteiger charge is 2.04. The van der Waals surface area contributed by atoms with Crippen LogP contribution in [0.3, 0.4) is 0 Å². The number of aromatic nitrogens is 1. The molecule has 4 nitrogen and oxygen atoms in total. The van der Waals surface area contributed by atoms with E-state index in [1.54, 1.807) is 12.4 Å². The number of urea groups is 1. The van der Waals surface area contributed by atoms with Gasteiger partial charge in [-0.25, -0.2) is 4.79 Å². The Morgan fingerprint density at radius 3 is 2.78 bits per heavy atom. The molecule has 0 spiro atoms. The van der Waals surface area contributed by atoms with Crippen molar-refractivity contribution < 1.29 is 4.79 Å². The zero-order valence-corrected chi connectivity index (χ0v) is 10.4. The van der Waals surface area contributed by atoms with E-state index in [1.165, 1.54) is 0 Å². The van der Waals surface area contributed by atoms with Crippen molar-refractivity contribution in [3.8, 4) is 0 Å². The molecule has 0 aliphatic carbocycles. The second-order valence-electron chi connectivity index (χ2n) is 4.20. The van der Waals surface area contributed by atoms with Gasteiger partial charge in [-0.15, -0.1) is 0 Å². The lowest BCUT2D eigenvalue weighted by Gasteiger charge is -2.07. The molecule has 0 fully saturated rings. The molecule has 0 saturated heterocycles. The lowest BCUT2D eigenvalue weighted by atomic mass is 10.2. The molecule has 1 aromatic heterocycles. The minimum Gasteiger partial charge on any atom is -0.314 e. The van der Waals surface area contributed by atoms with Crippen LogP contribution in [0.5, 0.6) is 0 Å². The predicted octanol–water partition coefficient (Wildman–Crippen LogP) is 3.28. The van der Waals surface area contributed by atoms with Crippen molar-refractivity contribution in [1.29, 1.82) is 0 Å². The molecule has 2 rings (SSSR count). The van der Waals surface area contributed by atoms with Crippen molar-refractivity contribution >= 4 is 22.6 Å². The molecule has 2 amide bonds. The average Bonchev–Trinajstić information content (AvgIpc) is 2.37. The summed E-state index contributed by atoms with van der Waals surface area (Å²) in [5, 5.41) is 6.44. The van der Waals surface area contributed by atoms with Crippen LogP contribution in [0, 0.1) is 0 Å². The third-order valence-corrected chi connectivity index (χ3v) is 2.37. The third-order valence-electron chi connectivity index (χ3n) is 2.37. The Morgan fingerprint density at radius 2 is 2.00 bits per heavy atom. The molecule has 0 unspecified atom stereocenters. The predicted molar refractivity (Wildman–Crippen MR) is 73.3 cm³/mol. The topological polar surface area (TPSA) is 54.0 Å². The fourth-order valence-corrected chi connectivity index (χ4v) is 1.57. The molecule has 2 aromatic rings. The number of allylic oxidation sites excluding steroid dienone is 1. The monoisotopic (exact) mass is 241 g/mol. The van der Waals surface area contributed by atoms with Crippen LogP contribution >= 0.6 is 0 Å². The number of pyridine rings is 1. The van der Waals surface area contributed by atoms with Gasteiger partial charge in [-0.2, -0.15) is 0 Å². The van der Waals surface area contributed by atoms with E-state index in [0.717, 1.165) is 16.5 Å². The summed E-state index contributed by atoms with van der Waals surface area (Å²) < 4.78 is 0. The summed E-state index contributed by atoms with van der Waals surface area (Å²) >= 11 is 0. The summed E-state index contributed by atoms with van der Waals surface area (Å²) in [6, 6.07) is 9.24. The lowest BCUT2D eigenvalue weighted by Crippen LogP contribution is -2.24. The molecule has 0 bridgehead atoms. The summed E-state index contributed by atoms with van der Waals surface area (Å²) in [5.74, 6) is 0. The number of nitrogens with zero attached hydrogens (tertiary/aromatic N) is 1. The number of anilines is 1. The summed E-state index contributed by atoms with van der Waals surface area (Å²) in [6.45, 7) is 3.83. The second-order valence-corrected chi connectivity index (χ2v) is 4.20. The highest BCUT2D eigenvalue weighted by Crippen LogP contribution is 2.20. The van der Waals surface area contributed by atoms with Crippen molar-refractivity contribution in [3.05, 3.63) is 48.3 Å². The Balaban J connectivity index is 2.22. The van der Waals surface area contributed by atoms with Gasteiger partial charge in [0.25, 0.3) is 0 Å². The van der Waals surface area contributed by atoms with E-state index in [9.17, 15) is 4.79 Å². The van der Waals surface area contributed by atoms with Crippen molar-refractivity contribution in [2.45, 2.75) is 13.8 Å². The van der Waals surface area contributed by atoms with E-state index in [0.29, 0.717) is 5.69 Å². The Bertz CT molecular complexity index is 596. The number of benzene rings is 1. The van der Waals surface area contributed by atoms with Gasteiger partial charge in [-0.1, -0.05) is 23.8 Å². The molecule has 92 valence electrons. The van der Waals surface area contributed by atoms with Crippen LogP contribution in [0.4, 0.5) is 10.5 Å². The van der Waals surface area contributed by atoms with Gasteiger partial charge in [0, 0.05) is 17.8 Å². The zero-order valence-electron chi connectivity index (χ0n) is 10.4. The molecular formula is C14H15N3O. The van der Waals surface area contributed by atoms with Gasteiger partial charge in [0.15, 0.2) is 0 Å². The summed E-state index contributed by atoms with van der Waals surface area (Å²) in [5.41, 5.74) is 2.52. The van der Waals surface area contributed by atoms with Crippen LogP contribution in [0.15, 0.2) is 48.3 Å². The average molecular weight is 241 g/mol. The molecule has 18 heavy (non-hydrogen) atoms. The first kappa shape index (κ1) is 12.1. The van der Waals surface area contributed by atoms with Gasteiger partial charge in [-0.3, -0.25) is 4.98 Å². The standard InChI is InChI=1S/C14H15N3O/c1-10(2)9-16-14(18)17-12-7-3-5-11-6-4-8-15-13(11)12/h3-9H,1-2H3,(H2,16,17,18). The molecule has 0 saturated carbocycles. The Hall–Kier alpha value is -2.36. The number of carbonyl (C=O) groups is 1. The first-order chi connectivity index (χ1) is 8.66. The van der Waals surface area contributed by atoms with Crippen LogP contribution in [-0.4, -0.2) is 11.0 Å². The number of fused-ring (bicyclic) bond motifs is 1. The Kier molecular flexibility index (Phi) is 3.57. The highest BCUT2D eigenvalue weighted by atomic mass is 16.2. The number of rotatable bonds is 2. The van der Waals surface area contributed by atoms with Crippen molar-refractivity contribution in [2.24, 2.45) is 0 Å². The molecular weight excluding hydrogens is 226 g/mol. The van der Waals surface area contributed by atoms with Crippen LogP contribution < -0.4 is 10.6 Å². The van der Waals surface area contributed by atoms with Gasteiger partial charge >= 0.3 is 6.03 Å². The van der Waals surface area contributed by atoms with E-state index in [1.807, 2.05) is 44.2 Å². The van der Waals surface area contributed by atoms with E-state index in [2.05, 4.69) is 15.6 Å². The van der Waals surface area contributed by atoms with Crippen LogP contribution in [-0.2, 0) is 0 Å². The van der Waals surface area contributed by atoms with Gasteiger partial charge in [-0.05, 0) is 26.0 Å². The normalized spacial score (nSPS) is 9.89. The summed E-state index contributed by atoms with van der Waals surface area (Å²) in [4.78, 5) is 15.9. The molecule has 1 aromatic carbocycles. The van der Waals surface area contributed by atoms with Crippen LogP contribution in [0.2, 0.25) is 0 Å². The molecule has 1 heterocycles. The van der Waals surface area contributed by atoms with E-state index in [4.69, 9.17) is 0 Å². The fourth-order valence-electron chi connectivity index (χ4n) is 1.57.